The van der Waals surface area contributed by atoms with Crippen LogP contribution in [0.2, 0.25) is 0 Å². The van der Waals surface area contributed by atoms with Crippen LogP contribution in [-0.2, 0) is 17.8 Å². The third kappa shape index (κ3) is 4.35. The summed E-state index contributed by atoms with van der Waals surface area (Å²) >= 11 is 0. The summed E-state index contributed by atoms with van der Waals surface area (Å²) in [5.41, 5.74) is 10.7. The van der Waals surface area contributed by atoms with E-state index in [1.165, 1.54) is 0 Å². The number of rotatable bonds is 8. The second-order valence-corrected chi connectivity index (χ2v) is 8.94. The van der Waals surface area contributed by atoms with Crippen molar-refractivity contribution in [3.05, 3.63) is 84.2 Å². The van der Waals surface area contributed by atoms with Gasteiger partial charge < -0.3 is 15.6 Å². The van der Waals surface area contributed by atoms with Crippen LogP contribution in [0.1, 0.15) is 37.6 Å². The molecule has 0 unspecified atom stereocenters. The van der Waals surface area contributed by atoms with Gasteiger partial charge in [-0.1, -0.05) is 49.4 Å². The van der Waals surface area contributed by atoms with Gasteiger partial charge >= 0.3 is 5.97 Å². The second-order valence-electron chi connectivity index (χ2n) is 8.94. The lowest BCUT2D eigenvalue weighted by molar-refractivity contribution is -0.136. The molecule has 7 heteroatoms. The Hall–Kier alpha value is -4.39. The maximum atomic E-state index is 11.3. The Kier molecular flexibility index (Phi) is 6.29. The van der Waals surface area contributed by atoms with Gasteiger partial charge in [-0.2, -0.15) is 5.10 Å². The number of benzene rings is 3. The lowest BCUT2D eigenvalue weighted by atomic mass is 9.97. The van der Waals surface area contributed by atoms with Crippen molar-refractivity contribution in [2.45, 2.75) is 39.3 Å². The van der Waals surface area contributed by atoms with E-state index >= 15 is 0 Å². The molecule has 36 heavy (non-hydrogen) atoms. The number of pyridine rings is 1. The van der Waals surface area contributed by atoms with E-state index in [9.17, 15) is 9.90 Å². The van der Waals surface area contributed by atoms with Crippen molar-refractivity contribution in [2.24, 2.45) is 0 Å². The number of aliphatic carboxylic acids is 1. The van der Waals surface area contributed by atoms with Crippen molar-refractivity contribution in [1.29, 1.82) is 0 Å². The first-order chi connectivity index (χ1) is 17.5. The summed E-state index contributed by atoms with van der Waals surface area (Å²) in [6.07, 6.45) is 2.58. The molecule has 0 aliphatic heterocycles. The number of carboxylic acid groups (broad SMARTS) is 1. The van der Waals surface area contributed by atoms with Crippen LogP contribution in [0.25, 0.3) is 32.8 Å². The highest BCUT2D eigenvalue weighted by molar-refractivity contribution is 6.02. The van der Waals surface area contributed by atoms with Gasteiger partial charge in [0.1, 0.15) is 23.9 Å². The lowest BCUT2D eigenvalue weighted by Crippen LogP contribution is -2.07. The summed E-state index contributed by atoms with van der Waals surface area (Å²) in [4.78, 5) is 15.5. The molecule has 182 valence electrons. The number of nitrogens with two attached hydrogens (primary N) is 1. The molecule has 5 rings (SSSR count). The van der Waals surface area contributed by atoms with Crippen molar-refractivity contribution in [2.75, 3.05) is 5.73 Å². The minimum Gasteiger partial charge on any atom is -0.487 e. The highest BCUT2D eigenvalue weighted by atomic mass is 16.5. The van der Waals surface area contributed by atoms with Crippen molar-refractivity contribution in [1.82, 2.24) is 14.8 Å². The summed E-state index contributed by atoms with van der Waals surface area (Å²) in [5.74, 6) is 0.168. The Labute approximate surface area is 209 Å². The Bertz CT molecular complexity index is 1570. The average Bonchev–Trinajstić information content (AvgIpc) is 3.25. The topological polar surface area (TPSA) is 103 Å². The third-order valence-electron chi connectivity index (χ3n) is 6.62. The van der Waals surface area contributed by atoms with Crippen LogP contribution >= 0.6 is 0 Å². The van der Waals surface area contributed by atoms with Gasteiger partial charge in [-0.3, -0.25) is 9.48 Å². The number of hydrogen-bond donors (Lipinski definition) is 2. The van der Waals surface area contributed by atoms with Crippen LogP contribution in [-0.4, -0.2) is 25.8 Å². The van der Waals surface area contributed by atoms with E-state index in [1.54, 1.807) is 18.3 Å². The second kappa shape index (κ2) is 9.70. The molecule has 0 saturated carbocycles. The van der Waals surface area contributed by atoms with E-state index < -0.39 is 5.97 Å². The molecule has 5 aromatic rings. The first kappa shape index (κ1) is 23.4. The largest absolute Gasteiger partial charge is 0.487 e. The van der Waals surface area contributed by atoms with Crippen LogP contribution < -0.4 is 10.5 Å². The highest BCUT2D eigenvalue weighted by Gasteiger charge is 2.17. The summed E-state index contributed by atoms with van der Waals surface area (Å²) in [6.45, 7) is 4.51. The van der Waals surface area contributed by atoms with Crippen molar-refractivity contribution >= 4 is 33.5 Å². The van der Waals surface area contributed by atoms with Crippen molar-refractivity contribution < 1.29 is 14.6 Å². The van der Waals surface area contributed by atoms with Gasteiger partial charge in [-0.05, 0) is 54.1 Å². The Balaban J connectivity index is 1.59. The number of carbonyl (C=O) groups is 1. The summed E-state index contributed by atoms with van der Waals surface area (Å²) < 4.78 is 8.17. The Morgan fingerprint density at radius 2 is 1.89 bits per heavy atom. The molecule has 0 amide bonds. The highest BCUT2D eigenvalue weighted by Crippen LogP contribution is 2.34. The van der Waals surface area contributed by atoms with Gasteiger partial charge in [0.2, 0.25) is 0 Å². The van der Waals surface area contributed by atoms with Crippen molar-refractivity contribution in [3.8, 4) is 16.9 Å². The van der Waals surface area contributed by atoms with Gasteiger partial charge in [-0.15, -0.1) is 0 Å². The van der Waals surface area contributed by atoms with Crippen LogP contribution in [0.4, 0.5) is 5.82 Å². The van der Waals surface area contributed by atoms with Gasteiger partial charge in [-0.25, -0.2) is 4.98 Å². The smallest absolute Gasteiger partial charge is 0.307 e. The number of nitrogen functional groups attached to an aromatic ring is 1. The summed E-state index contributed by atoms with van der Waals surface area (Å²) in [7, 11) is 0. The Morgan fingerprint density at radius 1 is 1.06 bits per heavy atom. The van der Waals surface area contributed by atoms with E-state index in [0.29, 0.717) is 17.1 Å². The standard InChI is InChI=1S/C29H28N4O3/c1-3-18(2)33-26-12-11-19(21-8-6-9-23-22(21)13-14-31-29(23)30)15-24(26)25(32-33)17-36-27-10-5-4-7-20(27)16-28(34)35/h4-15,18H,3,16-17H2,1-2H3,(H2,30,31)(H,34,35)/t18-/m0/s1. The molecule has 0 spiro atoms. The van der Waals surface area contributed by atoms with E-state index in [-0.39, 0.29) is 19.1 Å². The summed E-state index contributed by atoms with van der Waals surface area (Å²) in [5, 5.41) is 17.1. The molecule has 3 N–H and O–H groups in total. The quantitative estimate of drug-likeness (QED) is 0.282. The van der Waals surface area contributed by atoms with Crippen LogP contribution in [0, 0.1) is 0 Å². The summed E-state index contributed by atoms with van der Waals surface area (Å²) in [6, 6.07) is 21.9. The van der Waals surface area contributed by atoms with Gasteiger partial charge in [0.05, 0.1) is 11.9 Å². The minimum absolute atomic E-state index is 0.0958. The van der Waals surface area contributed by atoms with E-state index in [4.69, 9.17) is 15.6 Å². The molecular formula is C29H28N4O3. The van der Waals surface area contributed by atoms with Gasteiger partial charge in [0, 0.05) is 28.6 Å². The molecule has 1 atom stereocenters. The zero-order valence-electron chi connectivity index (χ0n) is 20.3. The van der Waals surface area contributed by atoms with Crippen LogP contribution in [0.3, 0.4) is 0 Å². The minimum atomic E-state index is -0.895. The fourth-order valence-electron chi connectivity index (χ4n) is 4.57. The fraction of sp³-hybridized carbons (Fsp3) is 0.207. The maximum Gasteiger partial charge on any atom is 0.307 e. The number of anilines is 1. The van der Waals surface area contributed by atoms with E-state index in [1.807, 2.05) is 35.0 Å². The zero-order valence-corrected chi connectivity index (χ0v) is 20.3. The number of para-hydroxylation sites is 1. The normalized spacial score (nSPS) is 12.2. The number of carboxylic acids is 1. The van der Waals surface area contributed by atoms with Crippen LogP contribution in [0.5, 0.6) is 5.75 Å². The van der Waals surface area contributed by atoms with Crippen molar-refractivity contribution in [3.63, 3.8) is 0 Å². The maximum absolute atomic E-state index is 11.3. The number of nitrogens with zero attached hydrogens (tertiary/aromatic N) is 3. The molecule has 2 heterocycles. The fourth-order valence-corrected chi connectivity index (χ4v) is 4.57. The molecule has 0 bridgehead atoms. The number of ether oxygens (including phenoxy) is 1. The molecule has 7 nitrogen and oxygen atoms in total. The first-order valence-electron chi connectivity index (χ1n) is 12.0. The molecule has 0 aliphatic rings. The van der Waals surface area contributed by atoms with E-state index in [0.717, 1.165) is 44.9 Å². The predicted molar refractivity (Wildman–Crippen MR) is 142 cm³/mol. The lowest BCUT2D eigenvalue weighted by Gasteiger charge is -2.11. The molecular weight excluding hydrogens is 452 g/mol. The number of hydrogen-bond acceptors (Lipinski definition) is 5. The van der Waals surface area contributed by atoms with E-state index in [2.05, 4.69) is 43.1 Å². The third-order valence-corrected chi connectivity index (χ3v) is 6.62. The van der Waals surface area contributed by atoms with Crippen LogP contribution in [0.15, 0.2) is 72.9 Å². The van der Waals surface area contributed by atoms with Gasteiger partial charge in [0.15, 0.2) is 0 Å². The number of fused-ring (bicyclic) bond motifs is 2. The molecule has 0 saturated heterocycles. The van der Waals surface area contributed by atoms with Gasteiger partial charge in [0.25, 0.3) is 0 Å². The SMILES string of the molecule is CC[C@H](C)n1nc(COc2ccccc2CC(=O)O)c2cc(-c3cccc4c(N)nccc34)ccc21. The monoisotopic (exact) mass is 480 g/mol. The zero-order chi connectivity index (χ0) is 25.2. The molecule has 0 aliphatic carbocycles. The average molecular weight is 481 g/mol. The Morgan fingerprint density at radius 3 is 2.69 bits per heavy atom. The molecule has 0 fully saturated rings. The predicted octanol–water partition coefficient (Wildman–Crippen LogP) is 6.01. The molecule has 0 radical (unpaired) electrons. The number of aromatic nitrogens is 3. The molecule has 3 aromatic carbocycles. The first-order valence-corrected chi connectivity index (χ1v) is 12.0. The molecule has 2 aromatic heterocycles.